The molecule has 0 saturated carbocycles. The van der Waals surface area contributed by atoms with Gasteiger partial charge < -0.3 is 15.8 Å². The molecule has 1 amide bonds. The molecular weight excluding hydrogens is 354 g/mol. The third-order valence-corrected chi connectivity index (χ3v) is 5.54. The van der Waals surface area contributed by atoms with Crippen LogP contribution in [0.2, 0.25) is 0 Å². The highest BCUT2D eigenvalue weighted by Crippen LogP contribution is 2.20. The fourth-order valence-electron chi connectivity index (χ4n) is 2.35. The van der Waals surface area contributed by atoms with Crippen LogP contribution >= 0.6 is 12.4 Å². The number of amides is 1. The van der Waals surface area contributed by atoms with E-state index >= 15 is 0 Å². The van der Waals surface area contributed by atoms with Crippen molar-refractivity contribution in [2.45, 2.75) is 30.7 Å². The fourth-order valence-corrected chi connectivity index (χ4v) is 3.80. The second-order valence-electron chi connectivity index (χ2n) is 5.43. The topological polar surface area (TPSA) is 102 Å². The minimum atomic E-state index is -3.58. The van der Waals surface area contributed by atoms with Crippen LogP contribution in [0.3, 0.4) is 0 Å². The van der Waals surface area contributed by atoms with Crippen molar-refractivity contribution in [3.8, 4) is 0 Å². The monoisotopic (exact) mass is 377 g/mol. The van der Waals surface area contributed by atoms with Crippen LogP contribution in [0.1, 0.15) is 19.8 Å². The molecule has 1 saturated heterocycles. The van der Waals surface area contributed by atoms with Gasteiger partial charge in [0.15, 0.2) is 0 Å². The Morgan fingerprint density at radius 1 is 1.38 bits per heavy atom. The van der Waals surface area contributed by atoms with Crippen molar-refractivity contribution < 1.29 is 17.9 Å². The lowest BCUT2D eigenvalue weighted by molar-refractivity contribution is -0.117. The van der Waals surface area contributed by atoms with Gasteiger partial charge >= 0.3 is 0 Å². The van der Waals surface area contributed by atoms with Gasteiger partial charge in [-0.25, -0.2) is 8.42 Å². The standard InChI is InChI=1S/C15H23N3O4S.ClH/c1-2-4-14(16)15(19)17-12-5-3-6-13(11-12)23(20,21)18-7-9-22-10-8-18;/h3,5-6,11,14H,2,4,7-10,16H2,1H3,(H,17,19);1H. The number of nitrogens with one attached hydrogen (secondary N) is 1. The molecule has 1 unspecified atom stereocenters. The van der Waals surface area contributed by atoms with E-state index in [0.29, 0.717) is 38.4 Å². The Morgan fingerprint density at radius 2 is 2.04 bits per heavy atom. The number of carbonyl (C=O) groups excluding carboxylic acids is 1. The normalized spacial score (nSPS) is 16.9. The summed E-state index contributed by atoms with van der Waals surface area (Å²) in [4.78, 5) is 12.1. The summed E-state index contributed by atoms with van der Waals surface area (Å²) >= 11 is 0. The van der Waals surface area contributed by atoms with E-state index < -0.39 is 16.1 Å². The average molecular weight is 378 g/mol. The summed E-state index contributed by atoms with van der Waals surface area (Å²) in [7, 11) is -3.58. The lowest BCUT2D eigenvalue weighted by atomic mass is 10.1. The molecule has 2 rings (SSSR count). The van der Waals surface area contributed by atoms with Gasteiger partial charge in [0.1, 0.15) is 0 Å². The number of sulfonamides is 1. The van der Waals surface area contributed by atoms with Crippen molar-refractivity contribution in [1.29, 1.82) is 0 Å². The van der Waals surface area contributed by atoms with Gasteiger partial charge in [-0.3, -0.25) is 4.79 Å². The van der Waals surface area contributed by atoms with E-state index in [9.17, 15) is 13.2 Å². The predicted molar refractivity (Wildman–Crippen MR) is 94.8 cm³/mol. The van der Waals surface area contributed by atoms with E-state index in [1.54, 1.807) is 12.1 Å². The molecule has 9 heteroatoms. The van der Waals surface area contributed by atoms with Crippen LogP contribution in [-0.2, 0) is 19.6 Å². The van der Waals surface area contributed by atoms with Gasteiger partial charge in [0.2, 0.25) is 15.9 Å². The van der Waals surface area contributed by atoms with Gasteiger partial charge in [0, 0.05) is 18.8 Å². The minimum Gasteiger partial charge on any atom is -0.379 e. The average Bonchev–Trinajstić information content (AvgIpc) is 2.56. The maximum absolute atomic E-state index is 12.6. The first-order valence-electron chi connectivity index (χ1n) is 7.69. The summed E-state index contributed by atoms with van der Waals surface area (Å²) in [5.74, 6) is -0.312. The van der Waals surface area contributed by atoms with Crippen LogP contribution in [0.15, 0.2) is 29.2 Å². The molecular formula is C15H24ClN3O4S. The van der Waals surface area contributed by atoms with Crippen LogP contribution in [0.25, 0.3) is 0 Å². The Kier molecular flexibility index (Phi) is 8.11. The fraction of sp³-hybridized carbons (Fsp3) is 0.533. The quantitative estimate of drug-likeness (QED) is 0.775. The Bertz CT molecular complexity index is 648. The highest BCUT2D eigenvalue weighted by atomic mass is 35.5. The molecule has 136 valence electrons. The summed E-state index contributed by atoms with van der Waals surface area (Å²) in [6.07, 6.45) is 1.39. The molecule has 1 heterocycles. The molecule has 0 aromatic heterocycles. The SMILES string of the molecule is CCCC(N)C(=O)Nc1cccc(S(=O)(=O)N2CCOCC2)c1.Cl. The number of anilines is 1. The van der Waals surface area contributed by atoms with E-state index in [1.807, 2.05) is 6.92 Å². The van der Waals surface area contributed by atoms with Crippen molar-refractivity contribution in [3.05, 3.63) is 24.3 Å². The van der Waals surface area contributed by atoms with Crippen LogP contribution in [0.5, 0.6) is 0 Å². The van der Waals surface area contributed by atoms with Gasteiger partial charge in [-0.2, -0.15) is 4.31 Å². The lowest BCUT2D eigenvalue weighted by Crippen LogP contribution is -2.40. The van der Waals surface area contributed by atoms with E-state index in [-0.39, 0.29) is 23.2 Å². The number of nitrogens with zero attached hydrogens (tertiary/aromatic N) is 1. The zero-order valence-electron chi connectivity index (χ0n) is 13.6. The number of rotatable bonds is 6. The molecule has 0 aliphatic carbocycles. The van der Waals surface area contributed by atoms with Crippen molar-refractivity contribution >= 4 is 34.0 Å². The second kappa shape index (κ2) is 9.33. The van der Waals surface area contributed by atoms with Crippen molar-refractivity contribution in [1.82, 2.24) is 4.31 Å². The number of carbonyl (C=O) groups is 1. The number of benzene rings is 1. The van der Waals surface area contributed by atoms with E-state index in [0.717, 1.165) is 6.42 Å². The van der Waals surface area contributed by atoms with Crippen LogP contribution in [0.4, 0.5) is 5.69 Å². The molecule has 1 aromatic rings. The summed E-state index contributed by atoms with van der Waals surface area (Å²) in [5, 5.41) is 2.67. The molecule has 1 aliphatic heterocycles. The van der Waals surface area contributed by atoms with E-state index in [4.69, 9.17) is 10.5 Å². The van der Waals surface area contributed by atoms with Gasteiger partial charge in [-0.05, 0) is 24.6 Å². The van der Waals surface area contributed by atoms with Crippen molar-refractivity contribution in [3.63, 3.8) is 0 Å². The van der Waals surface area contributed by atoms with Gasteiger partial charge in [0.25, 0.3) is 0 Å². The van der Waals surface area contributed by atoms with Crippen molar-refractivity contribution in [2.75, 3.05) is 31.6 Å². The number of morpholine rings is 1. The highest BCUT2D eigenvalue weighted by molar-refractivity contribution is 7.89. The van der Waals surface area contributed by atoms with Gasteiger partial charge in [-0.15, -0.1) is 12.4 Å². The van der Waals surface area contributed by atoms with Gasteiger partial charge in [-0.1, -0.05) is 19.4 Å². The number of ether oxygens (including phenoxy) is 1. The van der Waals surface area contributed by atoms with Crippen LogP contribution in [-0.4, -0.2) is 51.0 Å². The molecule has 1 fully saturated rings. The second-order valence-corrected chi connectivity index (χ2v) is 7.37. The van der Waals surface area contributed by atoms with E-state index in [2.05, 4.69) is 5.32 Å². The summed E-state index contributed by atoms with van der Waals surface area (Å²) in [6.45, 7) is 3.40. The zero-order chi connectivity index (χ0) is 16.9. The Hall–Kier alpha value is -1.19. The number of hydrogen-bond donors (Lipinski definition) is 2. The summed E-state index contributed by atoms with van der Waals surface area (Å²) in [6, 6.07) is 5.64. The maximum atomic E-state index is 12.6. The summed E-state index contributed by atoms with van der Waals surface area (Å²) < 4.78 is 31.8. The third kappa shape index (κ3) is 5.15. The molecule has 7 nitrogen and oxygen atoms in total. The molecule has 24 heavy (non-hydrogen) atoms. The first-order chi connectivity index (χ1) is 10.9. The Morgan fingerprint density at radius 3 is 2.67 bits per heavy atom. The number of nitrogens with two attached hydrogens (primary N) is 1. The van der Waals surface area contributed by atoms with E-state index in [1.165, 1.54) is 16.4 Å². The smallest absolute Gasteiger partial charge is 0.243 e. The van der Waals surface area contributed by atoms with Crippen LogP contribution < -0.4 is 11.1 Å². The molecule has 1 aromatic carbocycles. The van der Waals surface area contributed by atoms with Crippen LogP contribution in [0, 0.1) is 0 Å². The predicted octanol–water partition coefficient (Wildman–Crippen LogP) is 1.20. The number of halogens is 1. The van der Waals surface area contributed by atoms with Crippen molar-refractivity contribution in [2.24, 2.45) is 5.73 Å². The third-order valence-electron chi connectivity index (χ3n) is 3.65. The first-order valence-corrected chi connectivity index (χ1v) is 9.13. The molecule has 0 radical (unpaired) electrons. The molecule has 0 spiro atoms. The highest BCUT2D eigenvalue weighted by Gasteiger charge is 2.26. The largest absolute Gasteiger partial charge is 0.379 e. The summed E-state index contributed by atoms with van der Waals surface area (Å²) in [5.41, 5.74) is 6.19. The lowest BCUT2D eigenvalue weighted by Gasteiger charge is -2.26. The number of hydrogen-bond acceptors (Lipinski definition) is 5. The zero-order valence-corrected chi connectivity index (χ0v) is 15.2. The molecule has 1 aliphatic rings. The van der Waals surface area contributed by atoms with Gasteiger partial charge in [0.05, 0.1) is 24.2 Å². The Labute approximate surface area is 149 Å². The molecule has 0 bridgehead atoms. The first kappa shape index (κ1) is 20.9. The minimum absolute atomic E-state index is 0. The Balaban J connectivity index is 0.00000288. The molecule has 1 atom stereocenters. The molecule has 3 N–H and O–H groups in total. The maximum Gasteiger partial charge on any atom is 0.243 e.